The lowest BCUT2D eigenvalue weighted by Crippen LogP contribution is -2.43. The van der Waals surface area contributed by atoms with E-state index in [9.17, 15) is 4.79 Å². The highest BCUT2D eigenvalue weighted by Crippen LogP contribution is 2.19. The fourth-order valence-corrected chi connectivity index (χ4v) is 2.96. The summed E-state index contributed by atoms with van der Waals surface area (Å²) in [5.41, 5.74) is 1.68. The molecule has 2 rings (SSSR count). The average molecular weight is 292 g/mol. The zero-order chi connectivity index (χ0) is 15.4. The fraction of sp³-hybridized carbons (Fsp3) is 0.750. The molecule has 118 valence electrons. The standard InChI is InChI=1S/C16H28N4O/c1-5-15-14(11-19(4)18-15)16(21)20-8-6-7-13(10-20)9-17-12(2)3/h11-13,17H,5-10H2,1-4H3. The van der Waals surface area contributed by atoms with Gasteiger partial charge in [0.1, 0.15) is 0 Å². The third-order valence-electron chi connectivity index (χ3n) is 4.09. The highest BCUT2D eigenvalue weighted by molar-refractivity contribution is 5.95. The molecule has 1 aromatic rings. The predicted octanol–water partition coefficient (Wildman–Crippen LogP) is 1.83. The van der Waals surface area contributed by atoms with Crippen molar-refractivity contribution < 1.29 is 4.79 Å². The van der Waals surface area contributed by atoms with Crippen molar-refractivity contribution in [2.45, 2.75) is 46.1 Å². The van der Waals surface area contributed by atoms with Gasteiger partial charge in [0.25, 0.3) is 5.91 Å². The molecule has 1 amide bonds. The molecule has 1 unspecified atom stereocenters. The van der Waals surface area contributed by atoms with Gasteiger partial charge in [0.2, 0.25) is 0 Å². The molecule has 1 aliphatic rings. The van der Waals surface area contributed by atoms with Crippen molar-refractivity contribution in [2.24, 2.45) is 13.0 Å². The second-order valence-electron chi connectivity index (χ2n) is 6.34. The molecule has 0 spiro atoms. The minimum absolute atomic E-state index is 0.147. The third kappa shape index (κ3) is 4.06. The van der Waals surface area contributed by atoms with E-state index in [1.54, 1.807) is 4.68 Å². The van der Waals surface area contributed by atoms with E-state index in [0.717, 1.165) is 43.7 Å². The molecule has 21 heavy (non-hydrogen) atoms. The topological polar surface area (TPSA) is 50.2 Å². The van der Waals surface area contributed by atoms with Gasteiger partial charge in [-0.25, -0.2) is 0 Å². The molecule has 1 N–H and O–H groups in total. The van der Waals surface area contributed by atoms with Gasteiger partial charge >= 0.3 is 0 Å². The number of hydrogen-bond donors (Lipinski definition) is 1. The van der Waals surface area contributed by atoms with Crippen LogP contribution in [0.25, 0.3) is 0 Å². The second-order valence-corrected chi connectivity index (χ2v) is 6.34. The maximum atomic E-state index is 12.7. The number of piperidine rings is 1. The summed E-state index contributed by atoms with van der Waals surface area (Å²) in [4.78, 5) is 14.7. The first kappa shape index (κ1) is 16.0. The number of likely N-dealkylation sites (tertiary alicyclic amines) is 1. The molecule has 1 aromatic heterocycles. The summed E-state index contributed by atoms with van der Waals surface area (Å²) in [7, 11) is 1.88. The van der Waals surface area contributed by atoms with Gasteiger partial charge in [-0.15, -0.1) is 0 Å². The summed E-state index contributed by atoms with van der Waals surface area (Å²) in [5.74, 6) is 0.709. The first-order valence-electron chi connectivity index (χ1n) is 8.06. The molecule has 0 aromatic carbocycles. The Bertz CT molecular complexity index is 481. The molecule has 1 aliphatic heterocycles. The van der Waals surface area contributed by atoms with Crippen molar-refractivity contribution in [3.05, 3.63) is 17.5 Å². The SMILES string of the molecule is CCc1nn(C)cc1C(=O)N1CCCC(CNC(C)C)C1. The van der Waals surface area contributed by atoms with Crippen molar-refractivity contribution in [3.63, 3.8) is 0 Å². The summed E-state index contributed by atoms with van der Waals surface area (Å²) in [6, 6.07) is 0.501. The van der Waals surface area contributed by atoms with Gasteiger partial charge in [0.15, 0.2) is 0 Å². The van der Waals surface area contributed by atoms with E-state index in [1.165, 1.54) is 6.42 Å². The molecule has 2 heterocycles. The summed E-state index contributed by atoms with van der Waals surface area (Å²) in [6.45, 7) is 9.09. The Morgan fingerprint density at radius 1 is 1.52 bits per heavy atom. The maximum Gasteiger partial charge on any atom is 0.257 e. The number of aryl methyl sites for hydroxylation is 2. The van der Waals surface area contributed by atoms with Crippen LogP contribution in [0.1, 0.15) is 49.7 Å². The van der Waals surface area contributed by atoms with Crippen LogP contribution in [0.5, 0.6) is 0 Å². The summed E-state index contributed by atoms with van der Waals surface area (Å²) in [6.07, 6.45) is 4.96. The van der Waals surface area contributed by atoms with E-state index < -0.39 is 0 Å². The van der Waals surface area contributed by atoms with Gasteiger partial charge < -0.3 is 10.2 Å². The van der Waals surface area contributed by atoms with Gasteiger partial charge in [-0.3, -0.25) is 9.48 Å². The monoisotopic (exact) mass is 292 g/mol. The van der Waals surface area contributed by atoms with Gasteiger partial charge in [-0.2, -0.15) is 5.10 Å². The Kier molecular flexibility index (Phi) is 5.39. The quantitative estimate of drug-likeness (QED) is 0.901. The Labute approximate surface area is 127 Å². The van der Waals surface area contributed by atoms with E-state index in [0.29, 0.717) is 12.0 Å². The summed E-state index contributed by atoms with van der Waals surface area (Å²) >= 11 is 0. The lowest BCUT2D eigenvalue weighted by Gasteiger charge is -2.33. The van der Waals surface area contributed by atoms with Crippen LogP contribution in [0.4, 0.5) is 0 Å². The van der Waals surface area contributed by atoms with Crippen LogP contribution in [-0.4, -0.2) is 46.3 Å². The molecule has 5 heteroatoms. The van der Waals surface area contributed by atoms with Crippen molar-refractivity contribution in [2.75, 3.05) is 19.6 Å². The lowest BCUT2D eigenvalue weighted by molar-refractivity contribution is 0.0671. The van der Waals surface area contributed by atoms with Gasteiger partial charge in [-0.1, -0.05) is 20.8 Å². The first-order chi connectivity index (χ1) is 10.0. The number of amides is 1. The van der Waals surface area contributed by atoms with Crippen LogP contribution in [0.3, 0.4) is 0 Å². The van der Waals surface area contributed by atoms with E-state index in [-0.39, 0.29) is 5.91 Å². The molecule has 0 saturated carbocycles. The third-order valence-corrected chi connectivity index (χ3v) is 4.09. The Morgan fingerprint density at radius 3 is 2.95 bits per heavy atom. The van der Waals surface area contributed by atoms with Crippen molar-refractivity contribution in [1.82, 2.24) is 20.0 Å². The molecule has 5 nitrogen and oxygen atoms in total. The van der Waals surface area contributed by atoms with Crippen LogP contribution in [0.2, 0.25) is 0 Å². The largest absolute Gasteiger partial charge is 0.338 e. The van der Waals surface area contributed by atoms with E-state index in [2.05, 4.69) is 24.3 Å². The van der Waals surface area contributed by atoms with Crippen molar-refractivity contribution >= 4 is 5.91 Å². The Morgan fingerprint density at radius 2 is 2.29 bits per heavy atom. The van der Waals surface area contributed by atoms with Gasteiger partial charge in [0, 0.05) is 32.4 Å². The van der Waals surface area contributed by atoms with E-state index in [4.69, 9.17) is 0 Å². The normalized spacial score (nSPS) is 19.3. The summed E-state index contributed by atoms with van der Waals surface area (Å²) in [5, 5.41) is 7.87. The van der Waals surface area contributed by atoms with E-state index >= 15 is 0 Å². The molecular formula is C16H28N4O. The maximum absolute atomic E-state index is 12.7. The first-order valence-corrected chi connectivity index (χ1v) is 8.06. The molecule has 1 saturated heterocycles. The van der Waals surface area contributed by atoms with Crippen molar-refractivity contribution in [1.29, 1.82) is 0 Å². The molecule has 0 aliphatic carbocycles. The highest BCUT2D eigenvalue weighted by Gasteiger charge is 2.26. The molecule has 1 fully saturated rings. The molecule has 0 bridgehead atoms. The lowest BCUT2D eigenvalue weighted by atomic mass is 9.97. The number of carbonyl (C=O) groups is 1. The van der Waals surface area contributed by atoms with Crippen LogP contribution in [0, 0.1) is 5.92 Å². The smallest absolute Gasteiger partial charge is 0.257 e. The minimum atomic E-state index is 0.147. The predicted molar refractivity (Wildman–Crippen MR) is 84.4 cm³/mol. The number of nitrogens with zero attached hydrogens (tertiary/aromatic N) is 3. The van der Waals surface area contributed by atoms with Crippen molar-refractivity contribution in [3.8, 4) is 0 Å². The molecule has 1 atom stereocenters. The Balaban J connectivity index is 2.01. The second kappa shape index (κ2) is 7.07. The number of rotatable bonds is 5. The van der Waals surface area contributed by atoms with Crippen LogP contribution in [0.15, 0.2) is 6.20 Å². The van der Waals surface area contributed by atoms with Gasteiger partial charge in [-0.05, 0) is 31.7 Å². The zero-order valence-corrected chi connectivity index (χ0v) is 13.7. The Hall–Kier alpha value is -1.36. The number of hydrogen-bond acceptors (Lipinski definition) is 3. The van der Waals surface area contributed by atoms with Crippen LogP contribution in [-0.2, 0) is 13.5 Å². The summed E-state index contributed by atoms with van der Waals surface area (Å²) < 4.78 is 1.74. The molecular weight excluding hydrogens is 264 g/mol. The highest BCUT2D eigenvalue weighted by atomic mass is 16.2. The molecule has 0 radical (unpaired) electrons. The average Bonchev–Trinajstić information content (AvgIpc) is 2.85. The minimum Gasteiger partial charge on any atom is -0.338 e. The van der Waals surface area contributed by atoms with Crippen LogP contribution >= 0.6 is 0 Å². The van der Waals surface area contributed by atoms with Gasteiger partial charge in [0.05, 0.1) is 11.3 Å². The number of carbonyl (C=O) groups excluding carboxylic acids is 1. The van der Waals surface area contributed by atoms with E-state index in [1.807, 2.05) is 25.1 Å². The zero-order valence-electron chi connectivity index (χ0n) is 13.7. The number of nitrogens with one attached hydrogen (secondary N) is 1. The fourth-order valence-electron chi connectivity index (χ4n) is 2.96. The number of aromatic nitrogens is 2. The van der Waals surface area contributed by atoms with Crippen LogP contribution < -0.4 is 5.32 Å².